The van der Waals surface area contributed by atoms with Gasteiger partial charge in [0, 0.05) is 0 Å². The summed E-state index contributed by atoms with van der Waals surface area (Å²) in [6, 6.07) is 11.3. The van der Waals surface area contributed by atoms with Crippen LogP contribution in [0.1, 0.15) is 11.1 Å². The van der Waals surface area contributed by atoms with E-state index in [0.717, 1.165) is 5.56 Å². The lowest BCUT2D eigenvalue weighted by molar-refractivity contribution is 0.308. The van der Waals surface area contributed by atoms with Gasteiger partial charge in [0.05, 0.1) is 21.5 Å². The van der Waals surface area contributed by atoms with Gasteiger partial charge in [0.25, 0.3) is 10.1 Å². The Hall–Kier alpha value is -1.07. The van der Waals surface area contributed by atoms with Crippen LogP contribution >= 0.6 is 23.2 Å². The Balaban J connectivity index is 2.13. The Morgan fingerprint density at radius 2 is 1.65 bits per heavy atom. The number of halogens is 2. The Morgan fingerprint density at radius 3 is 2.25 bits per heavy atom. The van der Waals surface area contributed by atoms with Crippen LogP contribution in [-0.2, 0) is 20.9 Å². The van der Waals surface area contributed by atoms with E-state index in [1.165, 1.54) is 12.1 Å². The zero-order valence-corrected chi connectivity index (χ0v) is 13.0. The number of hydrogen-bond donors (Lipinski definition) is 0. The van der Waals surface area contributed by atoms with Crippen molar-refractivity contribution in [3.05, 3.63) is 63.6 Å². The molecule has 0 spiro atoms. The molecular formula is C14H12Cl2O3S. The van der Waals surface area contributed by atoms with Crippen LogP contribution in [0.25, 0.3) is 0 Å². The number of hydrogen-bond acceptors (Lipinski definition) is 3. The fourth-order valence-corrected chi connectivity index (χ4v) is 2.77. The predicted molar refractivity (Wildman–Crippen MR) is 79.6 cm³/mol. The molecule has 6 heteroatoms. The van der Waals surface area contributed by atoms with Crippen LogP contribution in [0.3, 0.4) is 0 Å². The molecular weight excluding hydrogens is 319 g/mol. The zero-order chi connectivity index (χ0) is 14.8. The number of benzene rings is 2. The summed E-state index contributed by atoms with van der Waals surface area (Å²) < 4.78 is 29.0. The summed E-state index contributed by atoms with van der Waals surface area (Å²) in [7, 11) is -3.77. The SMILES string of the molecule is Cc1ccc(S(=O)(=O)OCc2ccc(Cl)c(Cl)c2)cc1. The molecule has 0 fully saturated rings. The highest BCUT2D eigenvalue weighted by Crippen LogP contribution is 2.23. The van der Waals surface area contributed by atoms with Crippen molar-refractivity contribution in [2.24, 2.45) is 0 Å². The van der Waals surface area contributed by atoms with Crippen LogP contribution in [0.4, 0.5) is 0 Å². The third kappa shape index (κ3) is 3.73. The molecule has 0 unspecified atom stereocenters. The van der Waals surface area contributed by atoms with Gasteiger partial charge >= 0.3 is 0 Å². The first-order valence-corrected chi connectivity index (χ1v) is 7.95. The summed E-state index contributed by atoms with van der Waals surface area (Å²) in [4.78, 5) is 0.128. The second-order valence-electron chi connectivity index (χ2n) is 4.28. The zero-order valence-electron chi connectivity index (χ0n) is 10.6. The van der Waals surface area contributed by atoms with Gasteiger partial charge < -0.3 is 0 Å². The molecule has 3 nitrogen and oxygen atoms in total. The molecule has 0 aromatic heterocycles. The van der Waals surface area contributed by atoms with Crippen molar-refractivity contribution in [1.29, 1.82) is 0 Å². The molecule has 0 bridgehead atoms. The average Bonchev–Trinajstić information content (AvgIpc) is 2.41. The Morgan fingerprint density at radius 1 is 1.00 bits per heavy atom. The van der Waals surface area contributed by atoms with Gasteiger partial charge in [-0.25, -0.2) is 0 Å². The van der Waals surface area contributed by atoms with E-state index >= 15 is 0 Å². The van der Waals surface area contributed by atoms with Crippen LogP contribution in [0.5, 0.6) is 0 Å². The first-order valence-electron chi connectivity index (χ1n) is 5.78. The molecule has 106 valence electrons. The summed E-state index contributed by atoms with van der Waals surface area (Å²) in [6.45, 7) is 1.79. The van der Waals surface area contributed by atoms with Crippen LogP contribution in [0.2, 0.25) is 10.0 Å². The van der Waals surface area contributed by atoms with Gasteiger partial charge in [-0.05, 0) is 36.8 Å². The van der Waals surface area contributed by atoms with Crippen molar-refractivity contribution in [2.45, 2.75) is 18.4 Å². The molecule has 0 heterocycles. The third-order valence-corrected chi connectivity index (χ3v) is 4.69. The molecule has 0 atom stereocenters. The predicted octanol–water partition coefficient (Wildman–Crippen LogP) is 4.21. The largest absolute Gasteiger partial charge is 0.297 e. The fraction of sp³-hybridized carbons (Fsp3) is 0.143. The quantitative estimate of drug-likeness (QED) is 0.789. The Labute approximate surface area is 128 Å². The maximum Gasteiger partial charge on any atom is 0.297 e. The van der Waals surface area contributed by atoms with Gasteiger partial charge in [0.1, 0.15) is 0 Å². The van der Waals surface area contributed by atoms with E-state index in [4.69, 9.17) is 27.4 Å². The molecule has 2 rings (SSSR count). The van der Waals surface area contributed by atoms with Crippen molar-refractivity contribution in [2.75, 3.05) is 0 Å². The van der Waals surface area contributed by atoms with E-state index < -0.39 is 10.1 Å². The molecule has 2 aromatic rings. The van der Waals surface area contributed by atoms with Gasteiger partial charge in [0.2, 0.25) is 0 Å². The average molecular weight is 331 g/mol. The van der Waals surface area contributed by atoms with Crippen LogP contribution in [0, 0.1) is 6.92 Å². The molecule has 0 N–H and O–H groups in total. The highest BCUT2D eigenvalue weighted by molar-refractivity contribution is 7.86. The molecule has 0 aliphatic carbocycles. The molecule has 0 aliphatic rings. The molecule has 0 aliphatic heterocycles. The van der Waals surface area contributed by atoms with Gasteiger partial charge in [-0.3, -0.25) is 4.18 Å². The lowest BCUT2D eigenvalue weighted by atomic mass is 10.2. The summed E-state index contributed by atoms with van der Waals surface area (Å²) in [5.41, 5.74) is 1.61. The standard InChI is InChI=1S/C14H12Cl2O3S/c1-10-2-5-12(6-3-10)20(17,18)19-9-11-4-7-13(15)14(16)8-11/h2-8H,9H2,1H3. The van der Waals surface area contributed by atoms with Crippen LogP contribution in [-0.4, -0.2) is 8.42 Å². The molecule has 0 radical (unpaired) electrons. The van der Waals surface area contributed by atoms with Crippen molar-refractivity contribution >= 4 is 33.3 Å². The lowest BCUT2D eigenvalue weighted by Crippen LogP contribution is -2.06. The Bertz CT molecular complexity index is 710. The maximum absolute atomic E-state index is 12.0. The van der Waals surface area contributed by atoms with Gasteiger partial charge in [0.15, 0.2) is 0 Å². The van der Waals surface area contributed by atoms with E-state index in [1.807, 2.05) is 6.92 Å². The number of rotatable bonds is 4. The molecule has 20 heavy (non-hydrogen) atoms. The van der Waals surface area contributed by atoms with Gasteiger partial charge in [-0.2, -0.15) is 8.42 Å². The summed E-state index contributed by atoms with van der Waals surface area (Å²) in [6.07, 6.45) is 0. The minimum Gasteiger partial charge on any atom is -0.262 e. The van der Waals surface area contributed by atoms with Crippen molar-refractivity contribution < 1.29 is 12.6 Å². The lowest BCUT2D eigenvalue weighted by Gasteiger charge is -2.07. The summed E-state index contributed by atoms with van der Waals surface area (Å²) in [5.74, 6) is 0. The second-order valence-corrected chi connectivity index (χ2v) is 6.71. The van der Waals surface area contributed by atoms with Crippen LogP contribution in [0.15, 0.2) is 47.4 Å². The van der Waals surface area contributed by atoms with Crippen LogP contribution < -0.4 is 0 Å². The normalized spacial score (nSPS) is 11.6. The number of aryl methyl sites for hydroxylation is 1. The monoisotopic (exact) mass is 330 g/mol. The highest BCUT2D eigenvalue weighted by Gasteiger charge is 2.15. The highest BCUT2D eigenvalue weighted by atomic mass is 35.5. The van der Waals surface area contributed by atoms with E-state index in [-0.39, 0.29) is 11.5 Å². The minimum atomic E-state index is -3.77. The first-order chi connectivity index (χ1) is 9.38. The fourth-order valence-electron chi connectivity index (χ4n) is 1.55. The minimum absolute atomic E-state index is 0.0902. The maximum atomic E-state index is 12.0. The smallest absolute Gasteiger partial charge is 0.262 e. The Kier molecular flexibility index (Phi) is 4.70. The second kappa shape index (κ2) is 6.14. The summed E-state index contributed by atoms with van der Waals surface area (Å²) in [5, 5.41) is 0.775. The van der Waals surface area contributed by atoms with Crippen molar-refractivity contribution in [1.82, 2.24) is 0 Å². The van der Waals surface area contributed by atoms with Crippen molar-refractivity contribution in [3.63, 3.8) is 0 Å². The third-order valence-electron chi connectivity index (χ3n) is 2.67. The molecule has 0 saturated carbocycles. The molecule has 2 aromatic carbocycles. The van der Waals surface area contributed by atoms with Gasteiger partial charge in [-0.1, -0.05) is 47.0 Å². The van der Waals surface area contributed by atoms with E-state index in [9.17, 15) is 8.42 Å². The van der Waals surface area contributed by atoms with E-state index in [0.29, 0.717) is 15.6 Å². The topological polar surface area (TPSA) is 43.4 Å². The first kappa shape index (κ1) is 15.3. The van der Waals surface area contributed by atoms with Crippen molar-refractivity contribution in [3.8, 4) is 0 Å². The molecule has 0 saturated heterocycles. The van der Waals surface area contributed by atoms with Gasteiger partial charge in [-0.15, -0.1) is 0 Å². The summed E-state index contributed by atoms with van der Waals surface area (Å²) >= 11 is 11.7. The molecule has 0 amide bonds. The van der Waals surface area contributed by atoms with E-state index in [2.05, 4.69) is 0 Å². The van der Waals surface area contributed by atoms with E-state index in [1.54, 1.807) is 30.3 Å².